The minimum absolute atomic E-state index is 0.185. The van der Waals surface area contributed by atoms with Crippen LogP contribution in [0.15, 0.2) is 12.2 Å². The lowest BCUT2D eigenvalue weighted by atomic mass is 10.1. The van der Waals surface area contributed by atoms with E-state index < -0.39 is 76.4 Å². The van der Waals surface area contributed by atoms with Crippen molar-refractivity contribution in [1.29, 1.82) is 0 Å². The van der Waals surface area contributed by atoms with E-state index >= 15 is 0 Å². The number of rotatable bonds is 48. The van der Waals surface area contributed by atoms with E-state index in [9.17, 15) is 9.90 Å². The van der Waals surface area contributed by atoms with Crippen LogP contribution in [0.1, 0.15) is 296 Å². The Balaban J connectivity index is 1.88. The average molecular weight is 1340 g/mol. The molecule has 0 amide bonds. The second kappa shape index (κ2) is 36.8. The molecule has 6 heterocycles. The molecule has 0 aromatic heterocycles. The zero-order valence-corrected chi connectivity index (χ0v) is 65.1. The maximum atomic E-state index is 12.3. The van der Waals surface area contributed by atoms with E-state index in [1.54, 1.807) is 0 Å². The topological polar surface area (TPSA) is 148 Å². The van der Waals surface area contributed by atoms with E-state index in [0.29, 0.717) is 109 Å². The Labute approximate surface area is 530 Å². The van der Waals surface area contributed by atoms with Crippen LogP contribution < -0.4 is 0 Å². The standard InChI is InChI=1S/C63H130O14Si8/c1-55(2)39-23-16-31-47-78-66-79(48-32-17-24-40-56(3)4)69-82(51-35-20-27-43-59(9)10)71-80(67-78,49-33-18-25-41-57(5)6)73-84(53-37-22-29-45-61(13)14)74-81(68-78,50-34-19-26-42-58(7)8)72-83(70-79,52-36-21-28-44-60(11)12)76-85(75-82,77-84)54-38-30-46-62(15)63(64)65/h55-61H,15-54H2,1-14H3,(H,64,65). The van der Waals surface area contributed by atoms with Crippen LogP contribution in [0.2, 0.25) is 48.4 Å². The highest BCUT2D eigenvalue weighted by Gasteiger charge is 2.82. The molecule has 6 aliphatic heterocycles. The third-order valence-corrected chi connectivity index (χ3v) is 55.2. The Hall–Kier alpha value is 0.465. The molecule has 0 aromatic rings. The lowest BCUT2D eigenvalue weighted by Crippen LogP contribution is -2.88. The average Bonchev–Trinajstić information content (AvgIpc) is 0.826. The first-order chi connectivity index (χ1) is 40.2. The van der Waals surface area contributed by atoms with Gasteiger partial charge in [-0.1, -0.05) is 238 Å². The van der Waals surface area contributed by atoms with Crippen LogP contribution in [0.4, 0.5) is 0 Å². The van der Waals surface area contributed by atoms with Gasteiger partial charge in [-0.15, -0.1) is 0 Å². The third kappa shape index (κ3) is 26.4. The Kier molecular flexibility index (Phi) is 33.0. The maximum Gasteiger partial charge on any atom is 0.478 e. The Morgan fingerprint density at radius 2 is 0.400 bits per heavy atom. The maximum absolute atomic E-state index is 12.3. The Bertz CT molecular complexity index is 1730. The van der Waals surface area contributed by atoms with Gasteiger partial charge in [0.05, 0.1) is 0 Å². The quantitative estimate of drug-likeness (QED) is 0.0350. The predicted molar refractivity (Wildman–Crippen MR) is 361 cm³/mol. The van der Waals surface area contributed by atoms with Crippen molar-refractivity contribution in [2.75, 3.05) is 0 Å². The van der Waals surface area contributed by atoms with Crippen LogP contribution in [0.5, 0.6) is 0 Å². The first-order valence-electron chi connectivity index (χ1n) is 35.6. The second-order valence-electron chi connectivity index (χ2n) is 29.8. The van der Waals surface area contributed by atoms with Crippen molar-refractivity contribution >= 4 is 76.4 Å². The van der Waals surface area contributed by atoms with Gasteiger partial charge in [-0.3, -0.25) is 0 Å². The van der Waals surface area contributed by atoms with Gasteiger partial charge in [-0.05, 0) is 106 Å². The fraction of sp³-hybridized carbons (Fsp3) is 0.952. The first-order valence-corrected chi connectivity index (χ1v) is 51.0. The molecule has 0 saturated carbocycles. The number of unbranched alkanes of at least 4 members (excludes halogenated alkanes) is 15. The lowest BCUT2D eigenvalue weighted by Gasteiger charge is -2.63. The summed E-state index contributed by atoms with van der Waals surface area (Å²) in [5, 5.41) is 10.0. The molecule has 14 nitrogen and oxygen atoms in total. The van der Waals surface area contributed by atoms with Crippen molar-refractivity contribution in [3.8, 4) is 0 Å². The van der Waals surface area contributed by atoms with Gasteiger partial charge in [0.15, 0.2) is 0 Å². The highest BCUT2D eigenvalue weighted by Crippen LogP contribution is 2.55. The molecule has 85 heavy (non-hydrogen) atoms. The number of carbonyl (C=O) groups is 1. The van der Waals surface area contributed by atoms with Crippen molar-refractivity contribution < 1.29 is 59.3 Å². The van der Waals surface area contributed by atoms with Crippen molar-refractivity contribution in [1.82, 2.24) is 0 Å². The van der Waals surface area contributed by atoms with E-state index in [1.165, 1.54) is 0 Å². The molecule has 0 spiro atoms. The minimum Gasteiger partial charge on any atom is -0.478 e. The van der Waals surface area contributed by atoms with Crippen molar-refractivity contribution in [3.63, 3.8) is 0 Å². The normalized spacial score (nSPS) is 30.2. The van der Waals surface area contributed by atoms with Gasteiger partial charge in [0.25, 0.3) is 0 Å². The molecule has 0 radical (unpaired) electrons. The largest absolute Gasteiger partial charge is 0.478 e. The van der Waals surface area contributed by atoms with Crippen LogP contribution in [0, 0.1) is 41.4 Å². The van der Waals surface area contributed by atoms with Crippen LogP contribution >= 0.6 is 0 Å². The number of hydrogen-bond donors (Lipinski definition) is 1. The van der Waals surface area contributed by atoms with Gasteiger partial charge in [0.2, 0.25) is 0 Å². The van der Waals surface area contributed by atoms with Crippen LogP contribution in [0.3, 0.4) is 0 Å². The summed E-state index contributed by atoms with van der Waals surface area (Å²) >= 11 is 0. The molecule has 1 N–H and O–H groups in total. The van der Waals surface area contributed by atoms with Crippen LogP contribution in [0.25, 0.3) is 0 Å². The Morgan fingerprint density at radius 1 is 0.259 bits per heavy atom. The molecule has 0 aliphatic carbocycles. The van der Waals surface area contributed by atoms with E-state index in [4.69, 9.17) is 49.4 Å². The lowest BCUT2D eigenvalue weighted by molar-refractivity contribution is -0.132. The predicted octanol–water partition coefficient (Wildman–Crippen LogP) is 20.1. The molecule has 22 heteroatoms. The minimum atomic E-state index is -4.19. The smallest absolute Gasteiger partial charge is 0.478 e. The van der Waals surface area contributed by atoms with Gasteiger partial charge < -0.3 is 54.5 Å². The first kappa shape index (κ1) is 76.2. The third-order valence-electron chi connectivity index (χ3n) is 17.6. The van der Waals surface area contributed by atoms with Gasteiger partial charge >= 0.3 is 76.4 Å². The van der Waals surface area contributed by atoms with Gasteiger partial charge in [-0.2, -0.15) is 0 Å². The SMILES string of the molecule is C=C(CCCC[Si]12O[Si]3(CCCCCC(C)C)O[Si]4(CCCCCC(C)C)O[Si]5(CCCCCC(C)C)O[Si](CCCCCC(C)C)(O3)O[Si](CCCCCC(C)C)(O[Si](CCCCCC(C)C)(O5)O[Si](CCCCCC(C)C)(O4)O1)O2)C(=O)O. The summed E-state index contributed by atoms with van der Waals surface area (Å²) in [6.07, 6.45) is 29.7. The molecule has 6 fully saturated rings. The molecule has 0 unspecified atom stereocenters. The number of carboxylic acid groups (broad SMARTS) is 1. The fourth-order valence-corrected chi connectivity index (χ4v) is 63.9. The van der Waals surface area contributed by atoms with Gasteiger partial charge in [0, 0.05) is 53.9 Å². The van der Waals surface area contributed by atoms with E-state index in [0.717, 1.165) is 180 Å². The van der Waals surface area contributed by atoms with E-state index in [-0.39, 0.29) is 5.57 Å². The van der Waals surface area contributed by atoms with Gasteiger partial charge in [0.1, 0.15) is 0 Å². The number of hydrogen-bond acceptors (Lipinski definition) is 13. The molecule has 6 aliphatic rings. The summed E-state index contributed by atoms with van der Waals surface area (Å²) in [5.41, 5.74) is 0.185. The molecule has 0 atom stereocenters. The van der Waals surface area contributed by atoms with Crippen molar-refractivity contribution in [2.45, 2.75) is 344 Å². The number of aliphatic carboxylic acids is 1. The molecular weight excluding hydrogens is 1210 g/mol. The van der Waals surface area contributed by atoms with E-state index in [1.807, 2.05) is 0 Å². The summed E-state index contributed by atoms with van der Waals surface area (Å²) < 4.78 is 99.8. The summed E-state index contributed by atoms with van der Waals surface area (Å²) in [5.74, 6) is 3.17. The summed E-state index contributed by atoms with van der Waals surface area (Å²) in [4.78, 5) is 12.3. The molecule has 6 saturated heterocycles. The summed E-state index contributed by atoms with van der Waals surface area (Å²) in [6.45, 7) is 36.2. The van der Waals surface area contributed by atoms with Crippen LogP contribution in [-0.2, 0) is 54.2 Å². The van der Waals surface area contributed by atoms with E-state index in [2.05, 4.69) is 104 Å². The highest BCUT2D eigenvalue weighted by atomic mass is 28.6. The molecular formula is C63H130O14Si8. The molecule has 498 valence electrons. The monoisotopic (exact) mass is 1330 g/mol. The summed E-state index contributed by atoms with van der Waals surface area (Å²) in [7, 11) is -32.8. The van der Waals surface area contributed by atoms with Crippen molar-refractivity contribution in [2.24, 2.45) is 41.4 Å². The fourth-order valence-electron chi connectivity index (χ4n) is 12.9. The van der Waals surface area contributed by atoms with Crippen LogP contribution in [-0.4, -0.2) is 81.5 Å². The van der Waals surface area contributed by atoms with Gasteiger partial charge in [-0.25, -0.2) is 4.79 Å². The summed E-state index contributed by atoms with van der Waals surface area (Å²) in [6, 6.07) is 4.10. The molecule has 6 rings (SSSR count). The molecule has 0 aromatic carbocycles. The molecule has 8 bridgehead atoms. The van der Waals surface area contributed by atoms with Crippen molar-refractivity contribution in [3.05, 3.63) is 12.2 Å². The highest BCUT2D eigenvalue weighted by molar-refractivity contribution is 7.03. The zero-order chi connectivity index (χ0) is 62.3. The second-order valence-corrected chi connectivity index (χ2v) is 54.5. The Morgan fingerprint density at radius 3 is 0.529 bits per heavy atom. The number of carboxylic acids is 1. The zero-order valence-electron chi connectivity index (χ0n) is 57.1.